The van der Waals surface area contributed by atoms with Gasteiger partial charge in [0.1, 0.15) is 11.9 Å². The standard InChI is InChI=1S/C17H22N8O2/c1-16(2,11-19-3)25-9-12(8-21-25)22-15-20-6-4-13(23-15)24-7-5-17(27,10-18)14(24)26/h4,6,8-9,19,27H,5,7,11H2,1-3H3,(H,20,22,23)/t17-/m0/s1. The van der Waals surface area contributed by atoms with E-state index < -0.39 is 11.5 Å². The van der Waals surface area contributed by atoms with Crippen LogP contribution in [-0.2, 0) is 10.3 Å². The van der Waals surface area contributed by atoms with Crippen LogP contribution < -0.4 is 15.5 Å². The Morgan fingerprint density at radius 3 is 2.93 bits per heavy atom. The highest BCUT2D eigenvalue weighted by Crippen LogP contribution is 2.27. The first-order valence-electron chi connectivity index (χ1n) is 8.54. The van der Waals surface area contributed by atoms with E-state index in [1.165, 1.54) is 11.1 Å². The predicted molar refractivity (Wildman–Crippen MR) is 98.3 cm³/mol. The van der Waals surface area contributed by atoms with Gasteiger partial charge in [-0.25, -0.2) is 4.98 Å². The Hall–Kier alpha value is -3.03. The predicted octanol–water partition coefficient (Wildman–Crippen LogP) is 0.363. The number of nitrogens with zero attached hydrogens (tertiary/aromatic N) is 6. The summed E-state index contributed by atoms with van der Waals surface area (Å²) >= 11 is 0. The van der Waals surface area contributed by atoms with Crippen LogP contribution in [0.3, 0.4) is 0 Å². The Balaban J connectivity index is 1.77. The highest BCUT2D eigenvalue weighted by atomic mass is 16.3. The molecule has 0 radical (unpaired) electrons. The molecule has 1 atom stereocenters. The fourth-order valence-corrected chi connectivity index (χ4v) is 2.95. The Bertz CT molecular complexity index is 887. The summed E-state index contributed by atoms with van der Waals surface area (Å²) in [6, 6.07) is 3.22. The Morgan fingerprint density at radius 1 is 1.48 bits per heavy atom. The van der Waals surface area contributed by atoms with E-state index in [-0.39, 0.29) is 18.5 Å². The van der Waals surface area contributed by atoms with Crippen molar-refractivity contribution in [3.05, 3.63) is 24.7 Å². The molecule has 1 saturated heterocycles. The van der Waals surface area contributed by atoms with Gasteiger partial charge in [0.25, 0.3) is 5.91 Å². The summed E-state index contributed by atoms with van der Waals surface area (Å²) in [6.07, 6.45) is 5.07. The lowest BCUT2D eigenvalue weighted by Gasteiger charge is -2.24. The van der Waals surface area contributed by atoms with Crippen molar-refractivity contribution in [1.29, 1.82) is 5.26 Å². The van der Waals surface area contributed by atoms with E-state index in [2.05, 4.69) is 39.5 Å². The lowest BCUT2D eigenvalue weighted by atomic mass is 10.1. The Morgan fingerprint density at radius 2 is 2.26 bits per heavy atom. The van der Waals surface area contributed by atoms with E-state index in [1.54, 1.807) is 18.3 Å². The van der Waals surface area contributed by atoms with Crippen LogP contribution in [0.1, 0.15) is 20.3 Å². The second kappa shape index (κ2) is 6.94. The Labute approximate surface area is 156 Å². The van der Waals surface area contributed by atoms with Crippen LogP contribution >= 0.6 is 0 Å². The van der Waals surface area contributed by atoms with Crippen LogP contribution in [0.4, 0.5) is 17.5 Å². The molecule has 3 N–H and O–H groups in total. The van der Waals surface area contributed by atoms with Crippen molar-refractivity contribution in [2.24, 2.45) is 0 Å². The number of aromatic nitrogens is 4. The molecule has 3 heterocycles. The third-order valence-corrected chi connectivity index (χ3v) is 4.47. The number of nitrogens with one attached hydrogen (secondary N) is 2. The topological polar surface area (TPSA) is 132 Å². The maximum Gasteiger partial charge on any atom is 0.275 e. The first-order chi connectivity index (χ1) is 12.8. The number of nitriles is 1. The molecule has 0 spiro atoms. The van der Waals surface area contributed by atoms with Gasteiger partial charge in [-0.2, -0.15) is 15.3 Å². The number of amides is 1. The van der Waals surface area contributed by atoms with E-state index in [9.17, 15) is 9.90 Å². The molecule has 0 aromatic carbocycles. The molecule has 27 heavy (non-hydrogen) atoms. The van der Waals surface area contributed by atoms with Crippen LogP contribution in [0.15, 0.2) is 24.7 Å². The summed E-state index contributed by atoms with van der Waals surface area (Å²) in [5.74, 6) is -0.0541. The van der Waals surface area contributed by atoms with E-state index in [1.807, 2.05) is 17.9 Å². The number of hydrogen-bond acceptors (Lipinski definition) is 8. The van der Waals surface area contributed by atoms with Gasteiger partial charge in [-0.1, -0.05) is 0 Å². The maximum atomic E-state index is 12.3. The molecule has 1 amide bonds. The summed E-state index contributed by atoms with van der Waals surface area (Å²) in [7, 11) is 1.89. The second-order valence-electron chi connectivity index (χ2n) is 7.06. The monoisotopic (exact) mass is 370 g/mol. The number of rotatable bonds is 6. The lowest BCUT2D eigenvalue weighted by molar-refractivity contribution is -0.128. The highest BCUT2D eigenvalue weighted by molar-refractivity contribution is 6.03. The average molecular weight is 370 g/mol. The van der Waals surface area contributed by atoms with E-state index in [0.717, 1.165) is 6.54 Å². The van der Waals surface area contributed by atoms with Gasteiger partial charge in [-0.3, -0.25) is 14.4 Å². The molecule has 0 saturated carbocycles. The van der Waals surface area contributed by atoms with Gasteiger partial charge in [-0.15, -0.1) is 0 Å². The van der Waals surface area contributed by atoms with Crippen molar-refractivity contribution in [3.8, 4) is 6.07 Å². The number of carbonyl (C=O) groups excluding carboxylic acids is 1. The van der Waals surface area contributed by atoms with Crippen LogP contribution in [0.5, 0.6) is 0 Å². The fourth-order valence-electron chi connectivity index (χ4n) is 2.95. The molecule has 0 aliphatic carbocycles. The molecule has 1 fully saturated rings. The molecule has 0 bridgehead atoms. The molecule has 1 aliphatic rings. The zero-order valence-electron chi connectivity index (χ0n) is 15.5. The fraction of sp³-hybridized carbons (Fsp3) is 0.471. The molecular formula is C17H22N8O2. The van der Waals surface area contributed by atoms with Gasteiger partial charge < -0.3 is 15.7 Å². The average Bonchev–Trinajstić information content (AvgIpc) is 3.22. The van der Waals surface area contributed by atoms with Gasteiger partial charge >= 0.3 is 0 Å². The number of carbonyl (C=O) groups is 1. The van der Waals surface area contributed by atoms with E-state index >= 15 is 0 Å². The smallest absolute Gasteiger partial charge is 0.275 e. The van der Waals surface area contributed by atoms with Crippen LogP contribution in [0.2, 0.25) is 0 Å². The minimum atomic E-state index is -1.99. The summed E-state index contributed by atoms with van der Waals surface area (Å²) in [5.41, 5.74) is -1.49. The van der Waals surface area contributed by atoms with Gasteiger partial charge in [0.05, 0.1) is 17.4 Å². The second-order valence-corrected chi connectivity index (χ2v) is 7.06. The third-order valence-electron chi connectivity index (χ3n) is 4.47. The molecule has 142 valence electrons. The molecule has 2 aromatic heterocycles. The van der Waals surface area contributed by atoms with Crippen LogP contribution in [0.25, 0.3) is 0 Å². The molecule has 10 nitrogen and oxygen atoms in total. The summed E-state index contributed by atoms with van der Waals surface area (Å²) < 4.78 is 1.84. The zero-order valence-corrected chi connectivity index (χ0v) is 15.5. The van der Waals surface area contributed by atoms with Crippen molar-refractivity contribution in [3.63, 3.8) is 0 Å². The minimum Gasteiger partial charge on any atom is -0.368 e. The van der Waals surface area contributed by atoms with Gasteiger partial charge in [0.15, 0.2) is 0 Å². The van der Waals surface area contributed by atoms with E-state index in [0.29, 0.717) is 17.5 Å². The number of aliphatic hydroxyl groups is 1. The van der Waals surface area contributed by atoms with Crippen molar-refractivity contribution < 1.29 is 9.90 Å². The third kappa shape index (κ3) is 3.60. The Kier molecular flexibility index (Phi) is 4.82. The SMILES string of the molecule is CNCC(C)(C)n1cc(Nc2nccc(N3CC[C@](O)(C#N)C3=O)n2)cn1. The number of hydrogen-bond donors (Lipinski definition) is 3. The van der Waals surface area contributed by atoms with Gasteiger partial charge in [0, 0.05) is 31.9 Å². The van der Waals surface area contributed by atoms with Gasteiger partial charge in [-0.05, 0) is 27.0 Å². The van der Waals surface area contributed by atoms with Crippen molar-refractivity contribution in [2.45, 2.75) is 31.4 Å². The summed E-state index contributed by atoms with van der Waals surface area (Å²) in [6.45, 7) is 5.09. The highest BCUT2D eigenvalue weighted by Gasteiger charge is 2.46. The molecule has 1 aliphatic heterocycles. The largest absolute Gasteiger partial charge is 0.368 e. The molecular weight excluding hydrogens is 348 g/mol. The maximum absolute atomic E-state index is 12.3. The van der Waals surface area contributed by atoms with Crippen molar-refractivity contribution >= 4 is 23.4 Å². The molecule has 2 aromatic rings. The van der Waals surface area contributed by atoms with E-state index in [4.69, 9.17) is 5.26 Å². The normalized spacial score (nSPS) is 20.0. The quantitative estimate of drug-likeness (QED) is 0.621. The molecule has 0 unspecified atom stereocenters. The van der Waals surface area contributed by atoms with Crippen LogP contribution in [0, 0.1) is 11.3 Å². The lowest BCUT2D eigenvalue weighted by Crippen LogP contribution is -2.39. The summed E-state index contributed by atoms with van der Waals surface area (Å²) in [4.78, 5) is 22.0. The molecule has 10 heteroatoms. The zero-order chi connectivity index (χ0) is 19.7. The van der Waals surface area contributed by atoms with Gasteiger partial charge in [0.2, 0.25) is 11.5 Å². The minimum absolute atomic E-state index is 0.0441. The van der Waals surface area contributed by atoms with Crippen LogP contribution in [-0.4, -0.2) is 56.5 Å². The number of likely N-dealkylation sites (N-methyl/N-ethyl adjacent to an activating group) is 1. The first kappa shape index (κ1) is 18.8. The molecule has 3 rings (SSSR count). The first-order valence-corrected chi connectivity index (χ1v) is 8.54. The van der Waals surface area contributed by atoms with Crippen molar-refractivity contribution in [2.75, 3.05) is 30.4 Å². The number of anilines is 3. The summed E-state index contributed by atoms with van der Waals surface area (Å²) in [5, 5.41) is 29.6. The van der Waals surface area contributed by atoms with Crippen molar-refractivity contribution in [1.82, 2.24) is 25.1 Å².